The average molecular weight is 246 g/mol. The van der Waals surface area contributed by atoms with E-state index in [4.69, 9.17) is 4.52 Å². The van der Waals surface area contributed by atoms with Crippen LogP contribution in [0.5, 0.6) is 0 Å². The lowest BCUT2D eigenvalue weighted by Gasteiger charge is -2.14. The van der Waals surface area contributed by atoms with Gasteiger partial charge < -0.3 is 9.84 Å². The molecule has 5 heteroatoms. The molecule has 2 aromatic rings. The van der Waals surface area contributed by atoms with E-state index >= 15 is 0 Å². The van der Waals surface area contributed by atoms with E-state index < -0.39 is 0 Å². The third-order valence-electron chi connectivity index (χ3n) is 2.59. The average Bonchev–Trinajstić information content (AvgIpc) is 2.78. The molecule has 0 radical (unpaired) electrons. The quantitative estimate of drug-likeness (QED) is 0.835. The molecule has 2 heterocycles. The first-order chi connectivity index (χ1) is 8.78. The van der Waals surface area contributed by atoms with Crippen LogP contribution in [0.3, 0.4) is 0 Å². The minimum Gasteiger partial charge on any atom is -0.360 e. The summed E-state index contributed by atoms with van der Waals surface area (Å²) in [4.78, 5) is 6.19. The van der Waals surface area contributed by atoms with Crippen LogP contribution >= 0.6 is 0 Å². The van der Waals surface area contributed by atoms with Crippen molar-refractivity contribution in [2.45, 2.75) is 19.6 Å². The third kappa shape index (κ3) is 3.65. The molecule has 2 aromatic heterocycles. The summed E-state index contributed by atoms with van der Waals surface area (Å²) in [7, 11) is 3.95. The Morgan fingerprint density at radius 1 is 1.28 bits per heavy atom. The standard InChI is InChI=1S/C13H18N4O/c1-14-8-12-7-13(18-16-12)10-17(2)9-11-3-5-15-6-4-11/h3-7,14H,8-10H2,1-2H3. The maximum absolute atomic E-state index is 5.28. The molecule has 0 saturated carbocycles. The molecule has 0 aromatic carbocycles. The molecule has 0 saturated heterocycles. The van der Waals surface area contributed by atoms with E-state index in [2.05, 4.69) is 27.4 Å². The first-order valence-corrected chi connectivity index (χ1v) is 5.94. The van der Waals surface area contributed by atoms with Crippen LogP contribution in [0.4, 0.5) is 0 Å². The molecule has 18 heavy (non-hydrogen) atoms. The highest BCUT2D eigenvalue weighted by Gasteiger charge is 2.07. The fourth-order valence-electron chi connectivity index (χ4n) is 1.82. The zero-order valence-corrected chi connectivity index (χ0v) is 10.8. The van der Waals surface area contributed by atoms with Gasteiger partial charge in [-0.25, -0.2) is 0 Å². The second-order valence-corrected chi connectivity index (χ2v) is 4.34. The van der Waals surface area contributed by atoms with Crippen LogP contribution in [0.15, 0.2) is 35.1 Å². The van der Waals surface area contributed by atoms with Gasteiger partial charge in [-0.1, -0.05) is 5.16 Å². The van der Waals surface area contributed by atoms with E-state index in [1.807, 2.05) is 37.6 Å². The van der Waals surface area contributed by atoms with Crippen LogP contribution in [-0.2, 0) is 19.6 Å². The predicted octanol–water partition coefficient (Wildman–Crippen LogP) is 1.42. The summed E-state index contributed by atoms with van der Waals surface area (Å²) in [5, 5.41) is 7.04. The topological polar surface area (TPSA) is 54.2 Å². The van der Waals surface area contributed by atoms with Crippen molar-refractivity contribution in [1.82, 2.24) is 20.4 Å². The summed E-state index contributed by atoms with van der Waals surface area (Å²) < 4.78 is 5.28. The van der Waals surface area contributed by atoms with Crippen LogP contribution in [0.2, 0.25) is 0 Å². The van der Waals surface area contributed by atoms with E-state index in [1.165, 1.54) is 5.56 Å². The summed E-state index contributed by atoms with van der Waals surface area (Å²) in [6, 6.07) is 6.02. The summed E-state index contributed by atoms with van der Waals surface area (Å²) in [6.45, 7) is 2.35. The van der Waals surface area contributed by atoms with Gasteiger partial charge in [0.15, 0.2) is 5.76 Å². The molecule has 2 rings (SSSR count). The molecular formula is C13H18N4O. The molecule has 1 N–H and O–H groups in total. The maximum atomic E-state index is 5.28. The number of hydrogen-bond acceptors (Lipinski definition) is 5. The van der Waals surface area contributed by atoms with Crippen LogP contribution in [0, 0.1) is 0 Å². The highest BCUT2D eigenvalue weighted by Crippen LogP contribution is 2.09. The summed E-state index contributed by atoms with van der Waals surface area (Å²) in [5.74, 6) is 0.886. The van der Waals surface area contributed by atoms with E-state index in [0.717, 1.165) is 31.1 Å². The van der Waals surface area contributed by atoms with Crippen molar-refractivity contribution in [3.8, 4) is 0 Å². The Hall–Kier alpha value is -1.72. The van der Waals surface area contributed by atoms with Crippen molar-refractivity contribution in [2.75, 3.05) is 14.1 Å². The second-order valence-electron chi connectivity index (χ2n) is 4.34. The van der Waals surface area contributed by atoms with Crippen LogP contribution in [0.1, 0.15) is 17.0 Å². The smallest absolute Gasteiger partial charge is 0.151 e. The Labute approximate surface area is 107 Å². The Morgan fingerprint density at radius 2 is 2.06 bits per heavy atom. The lowest BCUT2D eigenvalue weighted by molar-refractivity contribution is 0.265. The Balaban J connectivity index is 1.88. The molecule has 96 valence electrons. The molecule has 0 aliphatic heterocycles. The van der Waals surface area contributed by atoms with Crippen molar-refractivity contribution in [3.63, 3.8) is 0 Å². The Kier molecular flexibility index (Phi) is 4.44. The number of nitrogens with zero attached hydrogens (tertiary/aromatic N) is 3. The fourth-order valence-corrected chi connectivity index (χ4v) is 1.82. The molecule has 0 aliphatic rings. The van der Waals surface area contributed by atoms with Crippen LogP contribution in [-0.4, -0.2) is 29.1 Å². The zero-order chi connectivity index (χ0) is 12.8. The van der Waals surface area contributed by atoms with Crippen LogP contribution in [0.25, 0.3) is 0 Å². The Morgan fingerprint density at radius 3 is 2.78 bits per heavy atom. The van der Waals surface area contributed by atoms with Gasteiger partial charge in [-0.15, -0.1) is 0 Å². The highest BCUT2D eigenvalue weighted by atomic mass is 16.5. The maximum Gasteiger partial charge on any atom is 0.151 e. The summed E-state index contributed by atoms with van der Waals surface area (Å²) >= 11 is 0. The molecule has 0 atom stereocenters. The van der Waals surface area contributed by atoms with Crippen molar-refractivity contribution in [2.24, 2.45) is 0 Å². The molecule has 0 unspecified atom stereocenters. The van der Waals surface area contributed by atoms with Gasteiger partial charge in [-0.3, -0.25) is 9.88 Å². The Bertz CT molecular complexity index is 469. The molecule has 0 aliphatic carbocycles. The highest BCUT2D eigenvalue weighted by molar-refractivity contribution is 5.10. The number of pyridine rings is 1. The third-order valence-corrected chi connectivity index (χ3v) is 2.59. The van der Waals surface area contributed by atoms with Gasteiger partial charge in [0, 0.05) is 31.5 Å². The van der Waals surface area contributed by atoms with Gasteiger partial charge in [-0.2, -0.15) is 0 Å². The summed E-state index contributed by atoms with van der Waals surface area (Å²) in [5.41, 5.74) is 2.17. The van der Waals surface area contributed by atoms with E-state index in [9.17, 15) is 0 Å². The van der Waals surface area contributed by atoms with Crippen molar-refractivity contribution in [1.29, 1.82) is 0 Å². The van der Waals surface area contributed by atoms with Gasteiger partial charge in [0.25, 0.3) is 0 Å². The molecule has 0 fully saturated rings. The van der Waals surface area contributed by atoms with Gasteiger partial charge in [0.05, 0.1) is 12.2 Å². The normalized spacial score (nSPS) is 11.1. The van der Waals surface area contributed by atoms with E-state index in [-0.39, 0.29) is 0 Å². The van der Waals surface area contributed by atoms with Gasteiger partial charge in [0.2, 0.25) is 0 Å². The molecule has 0 bridgehead atoms. The van der Waals surface area contributed by atoms with Crippen LogP contribution < -0.4 is 5.32 Å². The van der Waals surface area contributed by atoms with Gasteiger partial charge >= 0.3 is 0 Å². The minimum absolute atomic E-state index is 0.734. The van der Waals surface area contributed by atoms with Crippen molar-refractivity contribution in [3.05, 3.63) is 47.6 Å². The van der Waals surface area contributed by atoms with Gasteiger partial charge in [-0.05, 0) is 31.8 Å². The predicted molar refractivity (Wildman–Crippen MR) is 68.7 cm³/mol. The summed E-state index contributed by atoms with van der Waals surface area (Å²) in [6.07, 6.45) is 3.62. The number of nitrogens with one attached hydrogen (secondary N) is 1. The first kappa shape index (κ1) is 12.7. The fraction of sp³-hybridized carbons (Fsp3) is 0.385. The monoisotopic (exact) mass is 246 g/mol. The first-order valence-electron chi connectivity index (χ1n) is 5.94. The van der Waals surface area contributed by atoms with E-state index in [1.54, 1.807) is 0 Å². The number of hydrogen-bond donors (Lipinski definition) is 1. The van der Waals surface area contributed by atoms with Crippen molar-refractivity contribution < 1.29 is 4.52 Å². The lowest BCUT2D eigenvalue weighted by atomic mass is 10.2. The molecule has 5 nitrogen and oxygen atoms in total. The minimum atomic E-state index is 0.734. The molecule has 0 spiro atoms. The second kappa shape index (κ2) is 6.28. The largest absolute Gasteiger partial charge is 0.360 e. The van der Waals surface area contributed by atoms with Gasteiger partial charge in [0.1, 0.15) is 0 Å². The molecular weight excluding hydrogens is 228 g/mol. The number of rotatable bonds is 6. The van der Waals surface area contributed by atoms with Crippen molar-refractivity contribution >= 4 is 0 Å². The lowest BCUT2D eigenvalue weighted by Crippen LogP contribution is -2.16. The zero-order valence-electron chi connectivity index (χ0n) is 10.8. The van der Waals surface area contributed by atoms with E-state index in [0.29, 0.717) is 0 Å². The SMILES string of the molecule is CNCc1cc(CN(C)Cc2ccncc2)on1. The number of aromatic nitrogens is 2. The molecule has 0 amide bonds.